The van der Waals surface area contributed by atoms with Gasteiger partial charge in [0.05, 0.1) is 19.4 Å². The van der Waals surface area contributed by atoms with Crippen molar-refractivity contribution in [3.05, 3.63) is 41.9 Å². The maximum Gasteiger partial charge on any atom is 0.347 e. The van der Waals surface area contributed by atoms with Crippen molar-refractivity contribution in [2.24, 2.45) is 0 Å². The Balaban J connectivity index is 2.31. The van der Waals surface area contributed by atoms with Crippen molar-refractivity contribution in [1.29, 1.82) is 0 Å². The number of hydrogen-bond donors (Lipinski definition) is 1. The predicted molar refractivity (Wildman–Crippen MR) is 84.9 cm³/mol. The molecule has 0 aliphatic carbocycles. The zero-order valence-electron chi connectivity index (χ0n) is 13.3. The van der Waals surface area contributed by atoms with Crippen LogP contribution in [0.4, 0.5) is 5.82 Å². The first-order valence-electron chi connectivity index (χ1n) is 7.32. The molecular weight excluding hydrogens is 298 g/mol. The van der Waals surface area contributed by atoms with E-state index in [4.69, 9.17) is 9.47 Å². The number of imidazole rings is 1. The molecule has 23 heavy (non-hydrogen) atoms. The average molecular weight is 317 g/mol. The van der Waals surface area contributed by atoms with Gasteiger partial charge in [0.25, 0.3) is 0 Å². The van der Waals surface area contributed by atoms with Gasteiger partial charge in [0.2, 0.25) is 0 Å². The van der Waals surface area contributed by atoms with Gasteiger partial charge >= 0.3 is 11.9 Å². The first kappa shape index (κ1) is 16.5. The number of ether oxygens (including phenoxy) is 2. The second-order valence-corrected chi connectivity index (χ2v) is 4.65. The summed E-state index contributed by atoms with van der Waals surface area (Å²) in [5.74, 6) is -0.836. The molecule has 2 heterocycles. The van der Waals surface area contributed by atoms with Crippen molar-refractivity contribution in [3.8, 4) is 0 Å². The van der Waals surface area contributed by atoms with Crippen molar-refractivity contribution in [3.63, 3.8) is 0 Å². The van der Waals surface area contributed by atoms with Gasteiger partial charge in [-0.2, -0.15) is 0 Å². The number of esters is 2. The third-order valence-corrected chi connectivity index (χ3v) is 3.08. The van der Waals surface area contributed by atoms with Gasteiger partial charge in [0.1, 0.15) is 11.5 Å². The lowest BCUT2D eigenvalue weighted by Crippen LogP contribution is -2.19. The van der Waals surface area contributed by atoms with Crippen molar-refractivity contribution in [1.82, 2.24) is 9.38 Å². The number of aromatic nitrogens is 2. The molecule has 7 nitrogen and oxygen atoms in total. The minimum absolute atomic E-state index is 0.171. The van der Waals surface area contributed by atoms with E-state index in [1.807, 2.05) is 29.5 Å². The lowest BCUT2D eigenvalue weighted by Gasteiger charge is -2.08. The maximum absolute atomic E-state index is 11.9. The molecule has 0 radical (unpaired) electrons. The third kappa shape index (κ3) is 3.68. The summed E-state index contributed by atoms with van der Waals surface area (Å²) < 4.78 is 11.6. The third-order valence-electron chi connectivity index (χ3n) is 3.08. The smallest absolute Gasteiger partial charge is 0.347 e. The van der Waals surface area contributed by atoms with Gasteiger partial charge in [-0.05, 0) is 32.9 Å². The van der Waals surface area contributed by atoms with Gasteiger partial charge in [0.15, 0.2) is 5.57 Å². The molecule has 0 saturated heterocycles. The second kappa shape index (κ2) is 7.44. The van der Waals surface area contributed by atoms with E-state index in [0.29, 0.717) is 5.82 Å². The first-order valence-corrected chi connectivity index (χ1v) is 7.32. The van der Waals surface area contributed by atoms with Crippen LogP contribution in [0.2, 0.25) is 0 Å². The largest absolute Gasteiger partial charge is 0.462 e. The quantitative estimate of drug-likeness (QED) is 0.380. The zero-order valence-corrected chi connectivity index (χ0v) is 13.3. The summed E-state index contributed by atoms with van der Waals surface area (Å²) in [6, 6.07) is 5.70. The highest BCUT2D eigenvalue weighted by Crippen LogP contribution is 2.15. The Morgan fingerprint density at radius 3 is 2.48 bits per heavy atom. The number of pyridine rings is 1. The number of rotatable bonds is 6. The van der Waals surface area contributed by atoms with Crippen LogP contribution in [0, 0.1) is 6.92 Å². The highest BCUT2D eigenvalue weighted by atomic mass is 16.6. The highest BCUT2D eigenvalue weighted by Gasteiger charge is 2.21. The zero-order chi connectivity index (χ0) is 16.8. The number of carbonyl (C=O) groups is 2. The van der Waals surface area contributed by atoms with Crippen LogP contribution in [0.3, 0.4) is 0 Å². The van der Waals surface area contributed by atoms with Gasteiger partial charge in [-0.3, -0.25) is 4.40 Å². The molecule has 7 heteroatoms. The molecule has 0 aromatic carbocycles. The molecule has 0 atom stereocenters. The Morgan fingerprint density at radius 2 is 1.87 bits per heavy atom. The summed E-state index contributed by atoms with van der Waals surface area (Å²) >= 11 is 0. The monoisotopic (exact) mass is 317 g/mol. The minimum Gasteiger partial charge on any atom is -0.462 e. The van der Waals surface area contributed by atoms with E-state index < -0.39 is 11.9 Å². The van der Waals surface area contributed by atoms with E-state index >= 15 is 0 Å². The van der Waals surface area contributed by atoms with Crippen LogP contribution in [0.1, 0.15) is 19.5 Å². The van der Waals surface area contributed by atoms with E-state index in [-0.39, 0.29) is 18.8 Å². The molecule has 0 spiro atoms. The summed E-state index contributed by atoms with van der Waals surface area (Å²) in [6.45, 7) is 5.61. The number of hydrogen-bond acceptors (Lipinski definition) is 6. The summed E-state index contributed by atoms with van der Waals surface area (Å²) in [4.78, 5) is 28.1. The molecule has 0 aliphatic heterocycles. The van der Waals surface area contributed by atoms with Gasteiger partial charge < -0.3 is 14.8 Å². The van der Waals surface area contributed by atoms with E-state index in [2.05, 4.69) is 10.3 Å². The molecule has 1 N–H and O–H groups in total. The lowest BCUT2D eigenvalue weighted by molar-refractivity contribution is -0.146. The minimum atomic E-state index is -0.732. The predicted octanol–water partition coefficient (Wildman–Crippen LogP) is 2.06. The van der Waals surface area contributed by atoms with Crippen LogP contribution >= 0.6 is 0 Å². The van der Waals surface area contributed by atoms with Gasteiger partial charge in [-0.25, -0.2) is 14.6 Å². The van der Waals surface area contributed by atoms with Gasteiger partial charge in [-0.1, -0.05) is 6.07 Å². The number of nitrogens with zero attached hydrogens (tertiary/aromatic N) is 2. The Bertz CT molecular complexity index is 729. The highest BCUT2D eigenvalue weighted by molar-refractivity contribution is 6.14. The van der Waals surface area contributed by atoms with Crippen LogP contribution in [0.25, 0.3) is 5.65 Å². The van der Waals surface area contributed by atoms with Gasteiger partial charge in [0, 0.05) is 11.9 Å². The SMILES string of the molecule is CCOC(=O)C(=CNc1cnc2cccc(C)n12)C(=O)OCC. The molecule has 0 aliphatic rings. The molecule has 0 saturated carbocycles. The molecule has 2 aromatic heterocycles. The summed E-state index contributed by atoms with van der Waals surface area (Å²) in [7, 11) is 0. The fourth-order valence-corrected chi connectivity index (χ4v) is 2.07. The fraction of sp³-hybridized carbons (Fsp3) is 0.312. The standard InChI is InChI=1S/C16H19N3O4/c1-4-22-15(20)12(16(21)23-5-2)9-17-14-10-18-13-8-6-7-11(3)19(13)14/h6-10,17H,4-5H2,1-3H3. The Labute approximate surface area is 133 Å². The molecule has 0 unspecified atom stereocenters. The van der Waals surface area contributed by atoms with E-state index in [1.165, 1.54) is 6.20 Å². The number of carbonyl (C=O) groups excluding carboxylic acids is 2. The molecule has 2 aromatic rings. The number of anilines is 1. The van der Waals surface area contributed by atoms with E-state index in [0.717, 1.165) is 11.3 Å². The number of fused-ring (bicyclic) bond motifs is 1. The molecule has 0 fully saturated rings. The van der Waals surface area contributed by atoms with Crippen LogP contribution < -0.4 is 5.32 Å². The molecule has 122 valence electrons. The van der Waals surface area contributed by atoms with Crippen molar-refractivity contribution in [2.75, 3.05) is 18.5 Å². The Kier molecular flexibility index (Phi) is 5.35. The first-order chi connectivity index (χ1) is 11.1. The fourth-order valence-electron chi connectivity index (χ4n) is 2.07. The van der Waals surface area contributed by atoms with Crippen LogP contribution in [0.15, 0.2) is 36.2 Å². The Hall–Kier alpha value is -2.83. The van der Waals surface area contributed by atoms with E-state index in [9.17, 15) is 9.59 Å². The van der Waals surface area contributed by atoms with Crippen LogP contribution in [-0.4, -0.2) is 34.5 Å². The number of nitrogens with one attached hydrogen (secondary N) is 1. The lowest BCUT2D eigenvalue weighted by atomic mass is 10.3. The normalized spacial score (nSPS) is 10.2. The number of aryl methyl sites for hydroxylation is 1. The maximum atomic E-state index is 11.9. The summed E-state index contributed by atoms with van der Waals surface area (Å²) in [6.07, 6.45) is 2.90. The Morgan fingerprint density at radius 1 is 1.22 bits per heavy atom. The van der Waals surface area contributed by atoms with Crippen molar-refractivity contribution in [2.45, 2.75) is 20.8 Å². The second-order valence-electron chi connectivity index (χ2n) is 4.65. The van der Waals surface area contributed by atoms with Crippen LogP contribution in [-0.2, 0) is 19.1 Å². The summed E-state index contributed by atoms with van der Waals surface area (Å²) in [5, 5.41) is 2.92. The van der Waals surface area contributed by atoms with Crippen LogP contribution in [0.5, 0.6) is 0 Å². The van der Waals surface area contributed by atoms with Gasteiger partial charge in [-0.15, -0.1) is 0 Å². The molecule has 0 bridgehead atoms. The molecule has 2 rings (SSSR count). The van der Waals surface area contributed by atoms with Crippen molar-refractivity contribution < 1.29 is 19.1 Å². The van der Waals surface area contributed by atoms with E-state index in [1.54, 1.807) is 20.0 Å². The average Bonchev–Trinajstić information content (AvgIpc) is 2.93. The molecule has 0 amide bonds. The summed E-state index contributed by atoms with van der Waals surface area (Å²) in [5.41, 5.74) is 1.52. The molecular formula is C16H19N3O4. The topological polar surface area (TPSA) is 81.9 Å². The van der Waals surface area contributed by atoms with Crippen molar-refractivity contribution >= 4 is 23.4 Å².